The molecule has 2 aliphatic rings. The second kappa shape index (κ2) is 21.5. The van der Waals surface area contributed by atoms with Crippen LogP contribution in [0.3, 0.4) is 0 Å². The first-order valence-corrected chi connectivity index (χ1v) is 26.3. The van der Waals surface area contributed by atoms with Gasteiger partial charge in [0, 0.05) is 22.6 Å². The summed E-state index contributed by atoms with van der Waals surface area (Å²) in [6.07, 6.45) is 11.8. The van der Waals surface area contributed by atoms with Gasteiger partial charge in [0.15, 0.2) is 0 Å². The molecule has 3 heterocycles. The minimum atomic E-state index is -0.445. The van der Waals surface area contributed by atoms with Gasteiger partial charge in [-0.05, 0) is 158 Å². The molecule has 1 saturated heterocycles. The molecule has 1 aliphatic heterocycles. The molecule has 1 aliphatic carbocycles. The SMILES string of the molecule is CCC1(COCCCCCCOc2ccc(C3CCC(c4ccc5cc(C(=O)Oc6ccc(C)c(Cl)c6)ccc5c4/C=N/N(c4nc5ccccc5s4)c4nc5ccccc5s4)CC3)cc2)COC1. The molecule has 8 aromatic rings. The van der Waals surface area contributed by atoms with Crippen molar-refractivity contribution >= 4 is 87.9 Å². The van der Waals surface area contributed by atoms with Crippen LogP contribution in [0.2, 0.25) is 5.02 Å². The van der Waals surface area contributed by atoms with Gasteiger partial charge < -0.3 is 18.9 Å². The molecule has 9 nitrogen and oxygen atoms in total. The van der Waals surface area contributed by atoms with Gasteiger partial charge in [0.25, 0.3) is 0 Å². The molecule has 12 heteroatoms. The highest BCUT2D eigenvalue weighted by Crippen LogP contribution is 2.44. The molecule has 0 amide bonds. The van der Waals surface area contributed by atoms with Crippen LogP contribution in [0.15, 0.2) is 126 Å². The van der Waals surface area contributed by atoms with Crippen molar-refractivity contribution < 1.29 is 23.7 Å². The van der Waals surface area contributed by atoms with Gasteiger partial charge in [0.1, 0.15) is 11.5 Å². The number of carbonyl (C=O) groups is 1. The van der Waals surface area contributed by atoms with Crippen molar-refractivity contribution in [2.24, 2.45) is 10.5 Å². The van der Waals surface area contributed by atoms with E-state index in [1.54, 1.807) is 34.8 Å². The number of aryl methyl sites for hydroxylation is 1. The van der Waals surface area contributed by atoms with Crippen molar-refractivity contribution in [1.82, 2.24) is 9.97 Å². The summed E-state index contributed by atoms with van der Waals surface area (Å²) in [5, 5.41) is 11.1. The molecule has 0 bridgehead atoms. The number of anilines is 2. The van der Waals surface area contributed by atoms with Crippen molar-refractivity contribution in [3.8, 4) is 11.5 Å². The Morgan fingerprint density at radius 3 is 2.10 bits per heavy atom. The Bertz CT molecular complexity index is 2940. The first-order chi connectivity index (χ1) is 33.8. The highest BCUT2D eigenvalue weighted by molar-refractivity contribution is 7.24. The fourth-order valence-corrected chi connectivity index (χ4v) is 11.6. The van der Waals surface area contributed by atoms with E-state index in [1.165, 1.54) is 11.1 Å². The van der Waals surface area contributed by atoms with Gasteiger partial charge in [0.2, 0.25) is 10.3 Å². The fraction of sp³-hybridized carbons (Fsp3) is 0.333. The number of carbonyl (C=O) groups excluding carboxylic acids is 1. The molecule has 1 saturated carbocycles. The van der Waals surface area contributed by atoms with Gasteiger partial charge in [-0.2, -0.15) is 10.1 Å². The normalized spacial score (nSPS) is 16.9. The zero-order chi connectivity index (χ0) is 47.2. The number of thiazole rings is 2. The Hall–Kier alpha value is -5.69. The van der Waals surface area contributed by atoms with Crippen LogP contribution in [0.25, 0.3) is 31.2 Å². The monoisotopic (exact) mass is 976 g/mol. The number of benzene rings is 6. The lowest BCUT2D eigenvalue weighted by Crippen LogP contribution is -2.45. The fourth-order valence-electron chi connectivity index (χ4n) is 9.49. The largest absolute Gasteiger partial charge is 0.494 e. The Morgan fingerprint density at radius 1 is 0.783 bits per heavy atom. The summed E-state index contributed by atoms with van der Waals surface area (Å²) in [6, 6.07) is 40.6. The molecular weight excluding hydrogens is 920 g/mol. The van der Waals surface area contributed by atoms with Gasteiger partial charge in [-0.3, -0.25) is 0 Å². The molecule has 0 N–H and O–H groups in total. The molecular formula is C57H57ClN4O5S2. The van der Waals surface area contributed by atoms with Gasteiger partial charge >= 0.3 is 5.97 Å². The van der Waals surface area contributed by atoms with E-state index in [0.717, 1.165) is 149 Å². The minimum absolute atomic E-state index is 0.261. The molecule has 0 atom stereocenters. The van der Waals surface area contributed by atoms with Crippen LogP contribution in [-0.4, -0.2) is 55.2 Å². The third-order valence-corrected chi connectivity index (χ3v) is 16.3. The van der Waals surface area contributed by atoms with Gasteiger partial charge in [0.05, 0.1) is 58.6 Å². The minimum Gasteiger partial charge on any atom is -0.494 e. The molecule has 69 heavy (non-hydrogen) atoms. The van der Waals surface area contributed by atoms with Crippen LogP contribution < -0.4 is 14.5 Å². The highest BCUT2D eigenvalue weighted by atomic mass is 35.5. The number of fused-ring (bicyclic) bond motifs is 3. The summed E-state index contributed by atoms with van der Waals surface area (Å²) in [6.45, 7) is 8.19. The quantitative estimate of drug-likeness (QED) is 0.0260. The molecule has 2 fully saturated rings. The number of rotatable bonds is 19. The standard InChI is InChI=1S/C57H57ClN4O5S2/c1-3-57(36-65-37-57)35-64-30-10-4-5-11-31-66-44-26-21-40(22-27-44)39-17-19-41(20-18-39)46-28-23-42-32-43(54(63)67-45-25-16-38(2)49(58)33-45)24-29-47(42)48(46)34-59-62(55-60-50-12-6-8-14-52(50)68-55)56-61-51-13-7-9-15-53(51)69-56/h6-9,12-16,21-29,32-34,39,41H,3-5,10-11,17-20,30-31,35-37H2,1-2H3/b59-34+. The number of hydrazone groups is 1. The first-order valence-electron chi connectivity index (χ1n) is 24.3. The lowest BCUT2D eigenvalue weighted by molar-refractivity contribution is -0.150. The molecule has 2 aromatic heterocycles. The number of unbranched alkanes of at least 4 members (excludes halogenated alkanes) is 3. The summed E-state index contributed by atoms with van der Waals surface area (Å²) < 4.78 is 25.5. The smallest absolute Gasteiger partial charge is 0.343 e. The number of aromatic nitrogens is 2. The number of hydrogen-bond donors (Lipinski definition) is 0. The van der Waals surface area contributed by atoms with Crippen LogP contribution in [0.5, 0.6) is 11.5 Å². The number of ether oxygens (including phenoxy) is 4. The third-order valence-electron chi connectivity index (χ3n) is 13.9. The number of para-hydroxylation sites is 2. The Balaban J connectivity index is 0.850. The van der Waals surface area contributed by atoms with Crippen LogP contribution in [0.1, 0.15) is 109 Å². The number of hydrogen-bond acceptors (Lipinski definition) is 11. The Kier molecular flexibility index (Phi) is 14.7. The van der Waals surface area contributed by atoms with Crippen molar-refractivity contribution in [3.63, 3.8) is 0 Å². The van der Waals surface area contributed by atoms with Crippen molar-refractivity contribution in [2.45, 2.75) is 83.5 Å². The summed E-state index contributed by atoms with van der Waals surface area (Å²) in [7, 11) is 0. The van der Waals surface area contributed by atoms with Crippen molar-refractivity contribution in [2.75, 3.05) is 38.0 Å². The summed E-state index contributed by atoms with van der Waals surface area (Å²) in [5.41, 5.74) is 7.10. The average molecular weight is 978 g/mol. The maximum absolute atomic E-state index is 13.5. The number of nitrogens with zero attached hydrogens (tertiary/aromatic N) is 4. The summed E-state index contributed by atoms with van der Waals surface area (Å²) >= 11 is 9.55. The van der Waals surface area contributed by atoms with E-state index in [2.05, 4.69) is 55.5 Å². The zero-order valence-corrected chi connectivity index (χ0v) is 41.6. The molecule has 354 valence electrons. The van der Waals surface area contributed by atoms with E-state index in [-0.39, 0.29) is 5.41 Å². The van der Waals surface area contributed by atoms with E-state index in [4.69, 9.17) is 45.6 Å². The second-order valence-corrected chi connectivity index (χ2v) is 21.0. The topological polar surface area (TPSA) is 95.4 Å². The van der Waals surface area contributed by atoms with Crippen LogP contribution in [-0.2, 0) is 9.47 Å². The van der Waals surface area contributed by atoms with E-state index in [0.29, 0.717) is 28.2 Å². The molecule has 6 aromatic carbocycles. The second-order valence-electron chi connectivity index (χ2n) is 18.6. The van der Waals surface area contributed by atoms with Crippen LogP contribution in [0, 0.1) is 12.3 Å². The summed E-state index contributed by atoms with van der Waals surface area (Å²) in [5.74, 6) is 1.69. The van der Waals surface area contributed by atoms with E-state index in [1.807, 2.05) is 78.8 Å². The third kappa shape index (κ3) is 10.9. The average Bonchev–Trinajstić information content (AvgIpc) is 4.00. The highest BCUT2D eigenvalue weighted by Gasteiger charge is 2.37. The lowest BCUT2D eigenvalue weighted by atomic mass is 9.75. The number of esters is 1. The van der Waals surface area contributed by atoms with E-state index in [9.17, 15) is 4.79 Å². The van der Waals surface area contributed by atoms with Gasteiger partial charge in [-0.1, -0.05) is 108 Å². The number of halogens is 1. The van der Waals surface area contributed by atoms with Crippen molar-refractivity contribution in [3.05, 3.63) is 154 Å². The maximum atomic E-state index is 13.5. The van der Waals surface area contributed by atoms with Crippen molar-refractivity contribution in [1.29, 1.82) is 0 Å². The molecule has 0 radical (unpaired) electrons. The molecule has 0 spiro atoms. The Morgan fingerprint density at radius 2 is 1.45 bits per heavy atom. The van der Waals surface area contributed by atoms with E-state index >= 15 is 0 Å². The van der Waals surface area contributed by atoms with Crippen LogP contribution >= 0.6 is 34.3 Å². The van der Waals surface area contributed by atoms with Crippen LogP contribution in [0.4, 0.5) is 10.3 Å². The van der Waals surface area contributed by atoms with Gasteiger partial charge in [-0.25, -0.2) is 14.8 Å². The first kappa shape index (κ1) is 47.0. The Labute approximate surface area is 417 Å². The molecule has 0 unspecified atom stereocenters. The predicted octanol–water partition coefficient (Wildman–Crippen LogP) is 15.2. The molecule has 10 rings (SSSR count). The van der Waals surface area contributed by atoms with E-state index < -0.39 is 5.97 Å². The lowest BCUT2D eigenvalue weighted by Gasteiger charge is -2.40. The maximum Gasteiger partial charge on any atom is 0.343 e. The summed E-state index contributed by atoms with van der Waals surface area (Å²) in [4.78, 5) is 23.6. The predicted molar refractivity (Wildman–Crippen MR) is 283 cm³/mol. The zero-order valence-electron chi connectivity index (χ0n) is 39.2. The van der Waals surface area contributed by atoms with Gasteiger partial charge in [-0.15, -0.1) is 0 Å².